The first-order valence-electron chi connectivity index (χ1n) is 4.66. The number of nitrogens with zero attached hydrogens (tertiary/aromatic N) is 3. The molecule has 0 aliphatic carbocycles. The normalized spacial score (nSPS) is 14.8. The molecule has 1 aliphatic heterocycles. The highest BCUT2D eigenvalue weighted by molar-refractivity contribution is 6.10. The maximum Gasteiger partial charge on any atom is 0.369 e. The highest BCUT2D eigenvalue weighted by Gasteiger charge is 2.13. The third kappa shape index (κ3) is 2.30. The molecule has 1 aromatic rings. The predicted octanol–water partition coefficient (Wildman–Crippen LogP) is -0.880. The number of aliphatic imine (C=N–C) groups is 1. The molecule has 2 rings (SSSR count). The lowest BCUT2D eigenvalue weighted by atomic mass is 10.3. The van der Waals surface area contributed by atoms with Crippen molar-refractivity contribution in [3.05, 3.63) is 44.9 Å². The van der Waals surface area contributed by atoms with Gasteiger partial charge in [-0.25, -0.2) is 14.3 Å². The summed E-state index contributed by atoms with van der Waals surface area (Å²) in [6.45, 7) is 1.68. The van der Waals surface area contributed by atoms with Gasteiger partial charge in [-0.2, -0.15) is 10.3 Å². The number of carbonyl (C=O) groups is 1. The number of nitrogens with one attached hydrogen (secondary N) is 2. The maximum atomic E-state index is 11.4. The van der Waals surface area contributed by atoms with Crippen molar-refractivity contribution in [2.75, 3.05) is 5.43 Å². The fourth-order valence-electron chi connectivity index (χ4n) is 1.16. The predicted molar refractivity (Wildman–Crippen MR) is 59.4 cm³/mol. The summed E-state index contributed by atoms with van der Waals surface area (Å²) < 4.78 is 1.01. The van der Waals surface area contributed by atoms with Crippen molar-refractivity contribution in [1.29, 1.82) is 0 Å². The Bertz CT molecular complexity index is 637. The number of aromatic amines is 1. The second-order valence-electron chi connectivity index (χ2n) is 3.28. The summed E-state index contributed by atoms with van der Waals surface area (Å²) in [6, 6.07) is 0.513. The number of hydrogen-bond donors (Lipinski definition) is 2. The van der Waals surface area contributed by atoms with E-state index in [2.05, 4.69) is 20.7 Å². The van der Waals surface area contributed by atoms with Crippen molar-refractivity contribution in [2.24, 2.45) is 4.99 Å². The van der Waals surface area contributed by atoms with Crippen LogP contribution in [-0.2, 0) is 0 Å². The molecule has 0 aromatic carbocycles. The van der Waals surface area contributed by atoms with Gasteiger partial charge in [-0.1, -0.05) is 0 Å². The lowest BCUT2D eigenvalue weighted by Crippen LogP contribution is -2.38. The number of aromatic nitrogens is 2. The molecule has 0 spiro atoms. The van der Waals surface area contributed by atoms with Crippen LogP contribution >= 0.6 is 0 Å². The number of hydrogen-bond acceptors (Lipinski definition) is 4. The molecule has 1 aliphatic rings. The van der Waals surface area contributed by atoms with E-state index in [1.807, 2.05) is 0 Å². The van der Waals surface area contributed by atoms with Crippen LogP contribution in [0.3, 0.4) is 0 Å². The van der Waals surface area contributed by atoms with Gasteiger partial charge >= 0.3 is 11.7 Å². The van der Waals surface area contributed by atoms with E-state index in [0.29, 0.717) is 5.57 Å². The Labute approximate surface area is 94.7 Å². The summed E-state index contributed by atoms with van der Waals surface area (Å²) in [5, 5.41) is 3.47. The molecule has 8 nitrogen and oxygen atoms in total. The summed E-state index contributed by atoms with van der Waals surface area (Å²) in [4.78, 5) is 38.8. The highest BCUT2D eigenvalue weighted by atomic mass is 16.2. The second kappa shape index (κ2) is 4.08. The topological polar surface area (TPSA) is 110 Å². The van der Waals surface area contributed by atoms with E-state index >= 15 is 0 Å². The van der Waals surface area contributed by atoms with Gasteiger partial charge in [-0.3, -0.25) is 15.2 Å². The SMILES string of the molecule is CC1=C[N]C(=O)N=C1Nn1ccc(=O)[nH]c1=O. The molecule has 87 valence electrons. The van der Waals surface area contributed by atoms with Gasteiger partial charge in [0.2, 0.25) is 0 Å². The first-order valence-corrected chi connectivity index (χ1v) is 4.66. The van der Waals surface area contributed by atoms with E-state index in [4.69, 9.17) is 0 Å². The van der Waals surface area contributed by atoms with E-state index in [0.717, 1.165) is 4.68 Å². The summed E-state index contributed by atoms with van der Waals surface area (Å²) >= 11 is 0. The van der Waals surface area contributed by atoms with Gasteiger partial charge in [-0.05, 0) is 6.92 Å². The van der Waals surface area contributed by atoms with Crippen LogP contribution in [0.1, 0.15) is 6.92 Å². The molecule has 0 unspecified atom stereocenters. The molecule has 0 saturated carbocycles. The molecule has 0 atom stereocenters. The molecular weight excluding hydrogens is 226 g/mol. The standard InChI is InChI=1S/C9H8N5O3/c1-5-4-10-8(16)12-7(5)13-14-3-2-6(15)11-9(14)17/h2-4H,1H3,(H,11,15,17)(H,12,13,16). The van der Waals surface area contributed by atoms with Gasteiger partial charge in [0.1, 0.15) is 0 Å². The van der Waals surface area contributed by atoms with Gasteiger partial charge < -0.3 is 0 Å². The van der Waals surface area contributed by atoms with Crippen LogP contribution in [0.15, 0.2) is 38.6 Å². The summed E-state index contributed by atoms with van der Waals surface area (Å²) in [6.07, 6.45) is 2.58. The van der Waals surface area contributed by atoms with Gasteiger partial charge in [0.25, 0.3) is 5.56 Å². The van der Waals surface area contributed by atoms with Crippen LogP contribution in [0.2, 0.25) is 0 Å². The fraction of sp³-hybridized carbons (Fsp3) is 0.111. The molecular formula is C9H8N5O3. The van der Waals surface area contributed by atoms with Crippen molar-refractivity contribution in [1.82, 2.24) is 15.0 Å². The first-order chi connectivity index (χ1) is 8.06. The Kier molecular flexibility index (Phi) is 2.61. The van der Waals surface area contributed by atoms with Crippen LogP contribution in [-0.4, -0.2) is 21.5 Å². The van der Waals surface area contributed by atoms with Crippen LogP contribution in [0.5, 0.6) is 0 Å². The molecule has 0 bridgehead atoms. The Morgan fingerprint density at radius 3 is 2.82 bits per heavy atom. The molecule has 8 heteroatoms. The minimum absolute atomic E-state index is 0.208. The van der Waals surface area contributed by atoms with Crippen molar-refractivity contribution in [3.8, 4) is 0 Å². The number of H-pyrrole nitrogens is 1. The van der Waals surface area contributed by atoms with Gasteiger partial charge in [0.05, 0.1) is 0 Å². The monoisotopic (exact) mass is 234 g/mol. The van der Waals surface area contributed by atoms with Gasteiger partial charge in [-0.15, -0.1) is 0 Å². The Hall–Kier alpha value is -2.64. The number of carbonyl (C=O) groups excluding carboxylic acids is 1. The molecule has 0 saturated heterocycles. The van der Waals surface area contributed by atoms with E-state index in [1.54, 1.807) is 6.92 Å². The zero-order valence-corrected chi connectivity index (χ0v) is 8.80. The average Bonchev–Trinajstić information content (AvgIpc) is 2.27. The molecule has 1 radical (unpaired) electrons. The number of amidine groups is 1. The van der Waals surface area contributed by atoms with Crippen molar-refractivity contribution in [3.63, 3.8) is 0 Å². The van der Waals surface area contributed by atoms with Gasteiger partial charge in [0, 0.05) is 24.0 Å². The zero-order chi connectivity index (χ0) is 12.4. The van der Waals surface area contributed by atoms with E-state index < -0.39 is 17.3 Å². The Morgan fingerprint density at radius 1 is 1.35 bits per heavy atom. The van der Waals surface area contributed by atoms with E-state index in [-0.39, 0.29) is 5.84 Å². The third-order valence-electron chi connectivity index (χ3n) is 2.00. The molecule has 0 fully saturated rings. The van der Waals surface area contributed by atoms with Crippen LogP contribution in [0.25, 0.3) is 0 Å². The number of amides is 2. The lowest BCUT2D eigenvalue weighted by Gasteiger charge is -2.13. The highest BCUT2D eigenvalue weighted by Crippen LogP contribution is 2.01. The minimum Gasteiger partial charge on any atom is -0.273 e. The average molecular weight is 234 g/mol. The lowest BCUT2D eigenvalue weighted by molar-refractivity contribution is 0.251. The minimum atomic E-state index is -0.657. The molecule has 1 aromatic heterocycles. The fourth-order valence-corrected chi connectivity index (χ4v) is 1.16. The van der Waals surface area contributed by atoms with Gasteiger partial charge in [0.15, 0.2) is 5.84 Å². The second-order valence-corrected chi connectivity index (χ2v) is 3.28. The van der Waals surface area contributed by atoms with Crippen molar-refractivity contribution in [2.45, 2.75) is 6.92 Å². The van der Waals surface area contributed by atoms with Crippen LogP contribution < -0.4 is 22.0 Å². The van der Waals surface area contributed by atoms with Crippen LogP contribution in [0, 0.1) is 0 Å². The largest absolute Gasteiger partial charge is 0.369 e. The zero-order valence-electron chi connectivity index (χ0n) is 8.80. The van der Waals surface area contributed by atoms with Crippen LogP contribution in [0.4, 0.5) is 4.79 Å². The quantitative estimate of drug-likeness (QED) is 0.657. The smallest absolute Gasteiger partial charge is 0.273 e. The summed E-state index contributed by atoms with van der Waals surface area (Å²) in [7, 11) is 0. The molecule has 2 heterocycles. The summed E-state index contributed by atoms with van der Waals surface area (Å²) in [5.41, 5.74) is 2.04. The maximum absolute atomic E-state index is 11.4. The molecule has 2 N–H and O–H groups in total. The Morgan fingerprint density at radius 2 is 2.12 bits per heavy atom. The molecule has 17 heavy (non-hydrogen) atoms. The number of rotatable bonds is 1. The first kappa shape index (κ1) is 10.9. The Balaban J connectivity index is 2.33. The summed E-state index contributed by atoms with van der Waals surface area (Å²) in [5.74, 6) is 0.208. The van der Waals surface area contributed by atoms with Crippen molar-refractivity contribution >= 4 is 11.9 Å². The van der Waals surface area contributed by atoms with E-state index in [9.17, 15) is 14.4 Å². The van der Waals surface area contributed by atoms with Crippen molar-refractivity contribution < 1.29 is 4.79 Å². The third-order valence-corrected chi connectivity index (χ3v) is 2.00. The number of urea groups is 1. The van der Waals surface area contributed by atoms with E-state index in [1.165, 1.54) is 18.5 Å². The molecule has 2 amide bonds.